The van der Waals surface area contributed by atoms with Gasteiger partial charge in [0.1, 0.15) is 12.4 Å². The summed E-state index contributed by atoms with van der Waals surface area (Å²) < 4.78 is 5.41. The minimum absolute atomic E-state index is 0.0649. The summed E-state index contributed by atoms with van der Waals surface area (Å²) in [6, 6.07) is 13.8. The van der Waals surface area contributed by atoms with Crippen LogP contribution < -0.4 is 4.74 Å². The zero-order valence-corrected chi connectivity index (χ0v) is 11.6. The van der Waals surface area contributed by atoms with Crippen LogP contribution in [0.1, 0.15) is 27.9 Å². The van der Waals surface area contributed by atoms with Crippen molar-refractivity contribution in [3.8, 4) is 5.75 Å². The van der Waals surface area contributed by atoms with Crippen molar-refractivity contribution >= 4 is 5.97 Å². The van der Waals surface area contributed by atoms with Crippen molar-refractivity contribution < 1.29 is 19.7 Å². The molecule has 109 valence electrons. The van der Waals surface area contributed by atoms with E-state index < -0.39 is 5.97 Å². The summed E-state index contributed by atoms with van der Waals surface area (Å²) in [5.74, 6) is -0.0606. The molecule has 0 amide bonds. The molecule has 0 aliphatic rings. The molecule has 0 fully saturated rings. The van der Waals surface area contributed by atoms with Gasteiger partial charge in [-0.25, -0.2) is 9.90 Å². The SMILES string of the molecule is [O]Cc1ccc(CCCO)c(OC(=O)c2ccccc2)c1. The lowest BCUT2D eigenvalue weighted by Crippen LogP contribution is -2.10. The first-order valence-electron chi connectivity index (χ1n) is 6.82. The van der Waals surface area contributed by atoms with Gasteiger partial charge in [0.15, 0.2) is 0 Å². The predicted octanol–water partition coefficient (Wildman–Crippen LogP) is 2.76. The normalized spacial score (nSPS) is 10.4. The molecule has 4 heteroatoms. The van der Waals surface area contributed by atoms with Gasteiger partial charge in [0.05, 0.1) is 5.56 Å². The minimum atomic E-state index is -0.455. The highest BCUT2D eigenvalue weighted by Gasteiger charge is 2.12. The van der Waals surface area contributed by atoms with Gasteiger partial charge in [0.25, 0.3) is 0 Å². The fraction of sp³-hybridized carbons (Fsp3) is 0.235. The molecule has 2 aromatic carbocycles. The molecule has 0 spiro atoms. The van der Waals surface area contributed by atoms with Gasteiger partial charge in [-0.05, 0) is 42.2 Å². The van der Waals surface area contributed by atoms with Gasteiger partial charge in [0.2, 0.25) is 0 Å². The maximum absolute atomic E-state index is 12.1. The van der Waals surface area contributed by atoms with Crippen molar-refractivity contribution in [2.45, 2.75) is 19.4 Å². The summed E-state index contributed by atoms with van der Waals surface area (Å²) in [7, 11) is 0. The van der Waals surface area contributed by atoms with E-state index >= 15 is 0 Å². The van der Waals surface area contributed by atoms with E-state index in [0.717, 1.165) is 5.56 Å². The van der Waals surface area contributed by atoms with Gasteiger partial charge in [-0.3, -0.25) is 0 Å². The average Bonchev–Trinajstić information content (AvgIpc) is 2.54. The Bertz CT molecular complexity index is 593. The van der Waals surface area contributed by atoms with Crippen LogP contribution in [0.15, 0.2) is 48.5 Å². The molecule has 0 atom stereocenters. The van der Waals surface area contributed by atoms with E-state index in [9.17, 15) is 9.90 Å². The van der Waals surface area contributed by atoms with Crippen LogP contribution in [0.4, 0.5) is 0 Å². The number of hydrogen-bond acceptors (Lipinski definition) is 3. The summed E-state index contributed by atoms with van der Waals surface area (Å²) in [5.41, 5.74) is 1.84. The average molecular weight is 285 g/mol. The van der Waals surface area contributed by atoms with E-state index in [1.165, 1.54) is 0 Å². The van der Waals surface area contributed by atoms with E-state index in [1.807, 2.05) is 6.07 Å². The number of rotatable bonds is 6. The highest BCUT2D eigenvalue weighted by Crippen LogP contribution is 2.23. The summed E-state index contributed by atoms with van der Waals surface area (Å²) in [6.07, 6.45) is 1.17. The first-order valence-corrected chi connectivity index (χ1v) is 6.82. The molecule has 0 aromatic heterocycles. The number of aliphatic hydroxyl groups excluding tert-OH is 1. The first kappa shape index (κ1) is 15.2. The van der Waals surface area contributed by atoms with Crippen molar-refractivity contribution in [2.75, 3.05) is 6.61 Å². The van der Waals surface area contributed by atoms with Gasteiger partial charge in [-0.2, -0.15) is 0 Å². The number of aryl methyl sites for hydroxylation is 1. The lowest BCUT2D eigenvalue weighted by molar-refractivity contribution is 0.0732. The highest BCUT2D eigenvalue weighted by molar-refractivity contribution is 5.91. The number of ether oxygens (including phenoxy) is 1. The van der Waals surface area contributed by atoms with Gasteiger partial charge < -0.3 is 9.84 Å². The molecule has 0 aliphatic carbocycles. The third kappa shape index (κ3) is 4.15. The van der Waals surface area contributed by atoms with Gasteiger partial charge in [-0.15, -0.1) is 0 Å². The number of hydrogen-bond donors (Lipinski definition) is 1. The second kappa shape index (κ2) is 7.57. The maximum Gasteiger partial charge on any atom is 0.343 e. The van der Waals surface area contributed by atoms with E-state index in [1.54, 1.807) is 42.5 Å². The molecule has 0 heterocycles. The van der Waals surface area contributed by atoms with Gasteiger partial charge >= 0.3 is 5.97 Å². The van der Waals surface area contributed by atoms with Gasteiger partial charge in [-0.1, -0.05) is 30.3 Å². The maximum atomic E-state index is 12.1. The molecule has 1 radical (unpaired) electrons. The van der Waals surface area contributed by atoms with Crippen LogP contribution in [0.3, 0.4) is 0 Å². The van der Waals surface area contributed by atoms with E-state index in [0.29, 0.717) is 29.7 Å². The van der Waals surface area contributed by atoms with E-state index in [2.05, 4.69) is 0 Å². The molecule has 4 nitrogen and oxygen atoms in total. The Morgan fingerprint density at radius 2 is 1.86 bits per heavy atom. The molecule has 0 aliphatic heterocycles. The fourth-order valence-corrected chi connectivity index (χ4v) is 1.99. The number of aliphatic hydroxyl groups is 1. The molecule has 0 saturated heterocycles. The van der Waals surface area contributed by atoms with Crippen LogP contribution in [-0.2, 0) is 18.1 Å². The largest absolute Gasteiger partial charge is 0.423 e. The third-order valence-corrected chi connectivity index (χ3v) is 3.11. The zero-order chi connectivity index (χ0) is 15.1. The summed E-state index contributed by atoms with van der Waals surface area (Å²) in [4.78, 5) is 12.1. The Labute approximate surface area is 123 Å². The number of benzene rings is 2. The molecular formula is C17H17O4. The Morgan fingerprint density at radius 1 is 1.10 bits per heavy atom. The smallest absolute Gasteiger partial charge is 0.343 e. The molecule has 21 heavy (non-hydrogen) atoms. The highest BCUT2D eigenvalue weighted by atomic mass is 16.5. The van der Waals surface area contributed by atoms with Crippen LogP contribution >= 0.6 is 0 Å². The van der Waals surface area contributed by atoms with Crippen LogP contribution in [0.25, 0.3) is 0 Å². The monoisotopic (exact) mass is 285 g/mol. The number of carbonyl (C=O) groups excluding carboxylic acids is 1. The third-order valence-electron chi connectivity index (χ3n) is 3.11. The molecule has 0 bridgehead atoms. The quantitative estimate of drug-likeness (QED) is 0.655. The molecule has 0 saturated carbocycles. The topological polar surface area (TPSA) is 66.4 Å². The summed E-state index contributed by atoms with van der Waals surface area (Å²) in [6.45, 7) is -0.300. The second-order valence-corrected chi connectivity index (χ2v) is 4.67. The van der Waals surface area contributed by atoms with E-state index in [4.69, 9.17) is 9.84 Å². The van der Waals surface area contributed by atoms with Crippen molar-refractivity contribution in [3.05, 3.63) is 65.2 Å². The van der Waals surface area contributed by atoms with Crippen LogP contribution in [0.5, 0.6) is 5.75 Å². The number of esters is 1. The summed E-state index contributed by atoms with van der Waals surface area (Å²) >= 11 is 0. The fourth-order valence-electron chi connectivity index (χ4n) is 1.99. The second-order valence-electron chi connectivity index (χ2n) is 4.67. The van der Waals surface area contributed by atoms with Crippen LogP contribution in [0, 0.1) is 0 Å². The Morgan fingerprint density at radius 3 is 2.52 bits per heavy atom. The molecule has 2 rings (SSSR count). The Kier molecular flexibility index (Phi) is 5.49. The molecule has 1 N–H and O–H groups in total. The summed E-state index contributed by atoms with van der Waals surface area (Å²) in [5, 5.41) is 19.9. The lowest BCUT2D eigenvalue weighted by atomic mass is 10.1. The lowest BCUT2D eigenvalue weighted by Gasteiger charge is -2.11. The first-order chi connectivity index (χ1) is 10.2. The minimum Gasteiger partial charge on any atom is -0.423 e. The van der Waals surface area contributed by atoms with Crippen LogP contribution in [-0.4, -0.2) is 17.7 Å². The molecule has 2 aromatic rings. The Hall–Kier alpha value is -2.17. The van der Waals surface area contributed by atoms with Crippen molar-refractivity contribution in [3.63, 3.8) is 0 Å². The van der Waals surface area contributed by atoms with E-state index in [-0.39, 0.29) is 13.2 Å². The standard InChI is InChI=1S/C17H17O4/c18-10-4-7-14-9-8-13(12-19)11-16(14)21-17(20)15-5-2-1-3-6-15/h1-3,5-6,8-9,11,18H,4,7,10,12H2. The van der Waals surface area contributed by atoms with Crippen molar-refractivity contribution in [1.29, 1.82) is 0 Å². The zero-order valence-electron chi connectivity index (χ0n) is 11.6. The van der Waals surface area contributed by atoms with Gasteiger partial charge in [0, 0.05) is 6.61 Å². The van der Waals surface area contributed by atoms with Crippen LogP contribution in [0.2, 0.25) is 0 Å². The molecular weight excluding hydrogens is 268 g/mol. The predicted molar refractivity (Wildman–Crippen MR) is 77.6 cm³/mol. The number of carbonyl (C=O) groups is 1. The van der Waals surface area contributed by atoms with Crippen molar-refractivity contribution in [1.82, 2.24) is 0 Å². The van der Waals surface area contributed by atoms with Crippen molar-refractivity contribution in [2.24, 2.45) is 0 Å². The molecule has 0 unspecified atom stereocenters. The Balaban J connectivity index is 2.22.